The van der Waals surface area contributed by atoms with Crippen LogP contribution in [0.25, 0.3) is 11.0 Å². The van der Waals surface area contributed by atoms with Crippen LogP contribution < -0.4 is 10.7 Å². The van der Waals surface area contributed by atoms with Gasteiger partial charge in [-0.1, -0.05) is 31.2 Å². The number of aromatic amines is 1. The maximum absolute atomic E-state index is 11.4. The molecule has 0 spiro atoms. The normalized spacial score (nSPS) is 17.5. The number of nitrogens with one attached hydrogen (secondary N) is 3. The third kappa shape index (κ3) is 2.74. The smallest absolute Gasteiger partial charge is 0.240 e. The van der Waals surface area contributed by atoms with Crippen molar-refractivity contribution in [3.05, 3.63) is 54.1 Å². The van der Waals surface area contributed by atoms with E-state index in [9.17, 15) is 4.79 Å². The molecule has 2 aromatic carbocycles. The largest absolute Gasteiger partial charge is 0.326 e. The summed E-state index contributed by atoms with van der Waals surface area (Å²) in [5, 5.41) is 7.46. The van der Waals surface area contributed by atoms with Crippen molar-refractivity contribution in [2.75, 3.05) is 5.32 Å². The SMILES string of the molecule is CC1CC(=O)NN=C1c1ccc2nc(Nc3ccccc3)[nH]c2c1. The second-order valence-corrected chi connectivity index (χ2v) is 5.95. The maximum atomic E-state index is 11.4. The van der Waals surface area contributed by atoms with Gasteiger partial charge in [-0.3, -0.25) is 4.79 Å². The highest BCUT2D eigenvalue weighted by atomic mass is 16.2. The van der Waals surface area contributed by atoms with E-state index in [1.54, 1.807) is 0 Å². The number of carbonyl (C=O) groups excluding carboxylic acids is 1. The average molecular weight is 319 g/mol. The minimum Gasteiger partial charge on any atom is -0.326 e. The minimum absolute atomic E-state index is 0.0387. The summed E-state index contributed by atoms with van der Waals surface area (Å²) in [5.74, 6) is 0.754. The van der Waals surface area contributed by atoms with Gasteiger partial charge >= 0.3 is 0 Å². The summed E-state index contributed by atoms with van der Waals surface area (Å²) in [4.78, 5) is 19.2. The van der Waals surface area contributed by atoms with Gasteiger partial charge in [-0.2, -0.15) is 5.10 Å². The molecule has 1 unspecified atom stereocenters. The molecule has 6 heteroatoms. The molecule has 6 nitrogen and oxygen atoms in total. The zero-order chi connectivity index (χ0) is 16.5. The van der Waals surface area contributed by atoms with Gasteiger partial charge < -0.3 is 10.3 Å². The van der Waals surface area contributed by atoms with E-state index in [1.807, 2.05) is 55.5 Å². The van der Waals surface area contributed by atoms with Crippen molar-refractivity contribution in [3.63, 3.8) is 0 Å². The molecule has 1 amide bonds. The fourth-order valence-corrected chi connectivity index (χ4v) is 2.89. The zero-order valence-electron chi connectivity index (χ0n) is 13.2. The standard InChI is InChI=1S/C18H17N5O/c1-11-9-16(24)22-23-17(11)12-7-8-14-15(10-12)21-18(20-14)19-13-5-3-2-4-6-13/h2-8,10-11H,9H2,1H3,(H,22,24)(H2,19,20,21). The first-order chi connectivity index (χ1) is 11.7. The van der Waals surface area contributed by atoms with E-state index in [0.717, 1.165) is 28.0 Å². The van der Waals surface area contributed by atoms with Gasteiger partial charge in [-0.15, -0.1) is 0 Å². The lowest BCUT2D eigenvalue weighted by molar-refractivity contribution is -0.121. The molecule has 24 heavy (non-hydrogen) atoms. The Labute approximate surface area is 139 Å². The third-order valence-corrected chi connectivity index (χ3v) is 4.07. The minimum atomic E-state index is -0.0387. The molecule has 0 fully saturated rings. The van der Waals surface area contributed by atoms with Crippen LogP contribution in [0.1, 0.15) is 18.9 Å². The number of hydrazone groups is 1. The molecule has 1 aromatic heterocycles. The van der Waals surface area contributed by atoms with Crippen LogP contribution in [0.15, 0.2) is 53.6 Å². The lowest BCUT2D eigenvalue weighted by atomic mass is 9.94. The summed E-state index contributed by atoms with van der Waals surface area (Å²) in [6.45, 7) is 2.01. The first-order valence-electron chi connectivity index (χ1n) is 7.88. The average Bonchev–Trinajstić information content (AvgIpc) is 2.97. The Balaban J connectivity index is 1.65. The van der Waals surface area contributed by atoms with Crippen LogP contribution >= 0.6 is 0 Å². The first-order valence-corrected chi connectivity index (χ1v) is 7.88. The van der Waals surface area contributed by atoms with Crippen LogP contribution in [0.4, 0.5) is 11.6 Å². The van der Waals surface area contributed by atoms with Gasteiger partial charge in [0.15, 0.2) is 0 Å². The number of benzene rings is 2. The molecule has 120 valence electrons. The molecule has 0 saturated heterocycles. The Hall–Kier alpha value is -3.15. The Morgan fingerprint density at radius 3 is 2.79 bits per heavy atom. The van der Waals surface area contributed by atoms with Crippen molar-refractivity contribution < 1.29 is 4.79 Å². The predicted molar refractivity (Wildman–Crippen MR) is 94.3 cm³/mol. The summed E-state index contributed by atoms with van der Waals surface area (Å²) in [6, 6.07) is 15.9. The van der Waals surface area contributed by atoms with Gasteiger partial charge in [0, 0.05) is 23.6 Å². The van der Waals surface area contributed by atoms with Gasteiger partial charge in [0.1, 0.15) is 0 Å². The van der Waals surface area contributed by atoms with Gasteiger partial charge in [0.25, 0.3) is 0 Å². The number of aromatic nitrogens is 2. The summed E-state index contributed by atoms with van der Waals surface area (Å²) in [6.07, 6.45) is 0.459. The number of anilines is 2. The van der Waals surface area contributed by atoms with Crippen molar-refractivity contribution in [2.45, 2.75) is 13.3 Å². The Kier molecular flexibility index (Phi) is 3.49. The van der Waals surface area contributed by atoms with E-state index in [0.29, 0.717) is 12.4 Å². The van der Waals surface area contributed by atoms with Gasteiger partial charge in [-0.05, 0) is 24.3 Å². The zero-order valence-corrected chi connectivity index (χ0v) is 13.2. The molecule has 1 atom stereocenters. The second kappa shape index (κ2) is 5.81. The number of imidazole rings is 1. The molecule has 4 rings (SSSR count). The van der Waals surface area contributed by atoms with E-state index in [4.69, 9.17) is 0 Å². The fraction of sp³-hybridized carbons (Fsp3) is 0.167. The number of hydrogen-bond acceptors (Lipinski definition) is 4. The molecule has 0 radical (unpaired) electrons. The van der Waals surface area contributed by atoms with Crippen molar-refractivity contribution in [2.24, 2.45) is 11.0 Å². The monoisotopic (exact) mass is 319 g/mol. The highest BCUT2D eigenvalue weighted by Gasteiger charge is 2.21. The molecule has 3 N–H and O–H groups in total. The molecule has 1 aliphatic rings. The lowest BCUT2D eigenvalue weighted by Gasteiger charge is -2.18. The second-order valence-electron chi connectivity index (χ2n) is 5.95. The van der Waals surface area contributed by atoms with Crippen LogP contribution in [0.5, 0.6) is 0 Å². The Morgan fingerprint density at radius 1 is 1.17 bits per heavy atom. The van der Waals surface area contributed by atoms with Gasteiger partial charge in [0.2, 0.25) is 11.9 Å². The van der Waals surface area contributed by atoms with Crippen LogP contribution in [-0.4, -0.2) is 21.6 Å². The van der Waals surface area contributed by atoms with Crippen LogP contribution in [-0.2, 0) is 4.79 Å². The molecular weight excluding hydrogens is 302 g/mol. The lowest BCUT2D eigenvalue weighted by Crippen LogP contribution is -2.31. The number of hydrogen-bond donors (Lipinski definition) is 3. The molecule has 3 aromatic rings. The van der Waals surface area contributed by atoms with E-state index < -0.39 is 0 Å². The highest BCUT2D eigenvalue weighted by Crippen LogP contribution is 2.22. The molecule has 0 aliphatic carbocycles. The summed E-state index contributed by atoms with van der Waals surface area (Å²) >= 11 is 0. The molecule has 2 heterocycles. The maximum Gasteiger partial charge on any atom is 0.240 e. The number of carbonyl (C=O) groups is 1. The van der Waals surface area contributed by atoms with Crippen LogP contribution in [0.3, 0.4) is 0 Å². The van der Waals surface area contributed by atoms with E-state index in [1.165, 1.54) is 0 Å². The number of fused-ring (bicyclic) bond motifs is 1. The van der Waals surface area contributed by atoms with Crippen molar-refractivity contribution in [1.29, 1.82) is 0 Å². The van der Waals surface area contributed by atoms with E-state index >= 15 is 0 Å². The molecule has 0 bridgehead atoms. The third-order valence-electron chi connectivity index (χ3n) is 4.07. The van der Waals surface area contributed by atoms with E-state index in [2.05, 4.69) is 25.8 Å². The predicted octanol–water partition coefficient (Wildman–Crippen LogP) is 3.17. The van der Waals surface area contributed by atoms with Crippen molar-refractivity contribution in [3.8, 4) is 0 Å². The molecule has 0 saturated carbocycles. The quantitative estimate of drug-likeness (QED) is 0.693. The number of para-hydroxylation sites is 1. The van der Waals surface area contributed by atoms with Crippen LogP contribution in [0.2, 0.25) is 0 Å². The van der Waals surface area contributed by atoms with E-state index in [-0.39, 0.29) is 11.8 Å². The van der Waals surface area contributed by atoms with Crippen molar-refractivity contribution >= 4 is 34.3 Å². The summed E-state index contributed by atoms with van der Waals surface area (Å²) < 4.78 is 0. The van der Waals surface area contributed by atoms with Crippen LogP contribution in [0, 0.1) is 5.92 Å². The molecule has 1 aliphatic heterocycles. The fourth-order valence-electron chi connectivity index (χ4n) is 2.89. The number of amides is 1. The number of H-pyrrole nitrogens is 1. The van der Waals surface area contributed by atoms with Gasteiger partial charge in [0.05, 0.1) is 16.7 Å². The Bertz CT molecular complexity index is 929. The molecular formula is C18H17N5O. The topological polar surface area (TPSA) is 82.2 Å². The summed E-state index contributed by atoms with van der Waals surface area (Å²) in [7, 11) is 0. The van der Waals surface area contributed by atoms with Crippen molar-refractivity contribution in [1.82, 2.24) is 15.4 Å². The number of rotatable bonds is 3. The first kappa shape index (κ1) is 14.4. The number of nitrogens with zero attached hydrogens (tertiary/aromatic N) is 2. The highest BCUT2D eigenvalue weighted by molar-refractivity contribution is 6.07. The van der Waals surface area contributed by atoms with Gasteiger partial charge in [-0.25, -0.2) is 10.4 Å². The summed E-state index contributed by atoms with van der Waals surface area (Å²) in [5.41, 5.74) is 7.23. The Morgan fingerprint density at radius 2 is 2.00 bits per heavy atom.